The fraction of sp³-hybridized carbons (Fsp3) is 0.480. The highest BCUT2D eigenvalue weighted by Gasteiger charge is 2.27. The summed E-state index contributed by atoms with van der Waals surface area (Å²) in [4.78, 5) is 24.2. The number of rotatable bonds is 7. The third-order valence-corrected chi connectivity index (χ3v) is 6.18. The molecule has 3 rings (SSSR count). The van der Waals surface area contributed by atoms with Gasteiger partial charge in [-0.3, -0.25) is 4.79 Å². The number of carbonyl (C=O) groups excluding carboxylic acids is 1. The van der Waals surface area contributed by atoms with E-state index in [9.17, 15) is 4.79 Å². The van der Waals surface area contributed by atoms with Crippen LogP contribution in [0.2, 0.25) is 0 Å². The van der Waals surface area contributed by atoms with Crippen LogP contribution in [0.3, 0.4) is 0 Å². The normalized spacial score (nSPS) is 12.2. The molecule has 0 aliphatic heterocycles. The van der Waals surface area contributed by atoms with E-state index in [2.05, 4.69) is 68.2 Å². The summed E-state index contributed by atoms with van der Waals surface area (Å²) in [7, 11) is 0. The minimum absolute atomic E-state index is 0.0349. The standard InChI is InChI=1S/C25H34N4OS/c1-8-19-13-20-21(27-16(2)28-23(20)31-19)26-14-17-9-11-18(12-10-17)22(30)29-25(6,7)15-24(3,4)5/h9-13H,8,14-15H2,1-7H3,(H,29,30)(H,26,27,28). The quantitative estimate of drug-likeness (QED) is 0.466. The summed E-state index contributed by atoms with van der Waals surface area (Å²) < 4.78 is 0. The molecule has 0 saturated carbocycles. The van der Waals surface area contributed by atoms with Gasteiger partial charge in [0.15, 0.2) is 0 Å². The van der Waals surface area contributed by atoms with Crippen LogP contribution < -0.4 is 10.6 Å². The molecule has 166 valence electrons. The lowest BCUT2D eigenvalue weighted by atomic mass is 9.81. The van der Waals surface area contributed by atoms with E-state index in [4.69, 9.17) is 0 Å². The zero-order chi connectivity index (χ0) is 22.8. The Bertz CT molecular complexity index is 1060. The molecule has 3 aromatic rings. The predicted octanol–water partition coefficient (Wildman–Crippen LogP) is 6.12. The lowest BCUT2D eigenvalue weighted by molar-refractivity contribution is 0.0891. The van der Waals surface area contributed by atoms with Crippen LogP contribution in [0.1, 0.15) is 74.6 Å². The Hall–Kier alpha value is -2.47. The maximum atomic E-state index is 12.7. The first-order chi connectivity index (χ1) is 14.5. The van der Waals surface area contributed by atoms with Crippen molar-refractivity contribution in [2.45, 2.75) is 73.4 Å². The van der Waals surface area contributed by atoms with Crippen molar-refractivity contribution in [1.82, 2.24) is 15.3 Å². The van der Waals surface area contributed by atoms with Crippen LogP contribution in [0.25, 0.3) is 10.2 Å². The molecule has 6 heteroatoms. The fourth-order valence-corrected chi connectivity index (χ4v) is 5.11. The van der Waals surface area contributed by atoms with Crippen molar-refractivity contribution in [1.29, 1.82) is 0 Å². The average molecular weight is 439 g/mol. The Morgan fingerprint density at radius 3 is 2.35 bits per heavy atom. The van der Waals surface area contributed by atoms with Crippen LogP contribution in [-0.4, -0.2) is 21.4 Å². The third-order valence-electron chi connectivity index (χ3n) is 5.00. The van der Waals surface area contributed by atoms with Gasteiger partial charge in [0, 0.05) is 22.5 Å². The number of amides is 1. The van der Waals surface area contributed by atoms with Crippen LogP contribution in [0.4, 0.5) is 5.82 Å². The summed E-state index contributed by atoms with van der Waals surface area (Å²) in [5.41, 5.74) is 1.67. The molecule has 0 saturated heterocycles. The van der Waals surface area contributed by atoms with Crippen molar-refractivity contribution in [3.63, 3.8) is 0 Å². The van der Waals surface area contributed by atoms with E-state index in [0.717, 1.165) is 40.3 Å². The van der Waals surface area contributed by atoms with E-state index in [-0.39, 0.29) is 16.9 Å². The first-order valence-electron chi connectivity index (χ1n) is 10.9. The molecular formula is C25H34N4OS. The highest BCUT2D eigenvalue weighted by Crippen LogP contribution is 2.30. The number of thiophene rings is 1. The number of nitrogens with zero attached hydrogens (tertiary/aromatic N) is 2. The number of hydrogen-bond acceptors (Lipinski definition) is 5. The lowest BCUT2D eigenvalue weighted by Crippen LogP contribution is -2.45. The highest BCUT2D eigenvalue weighted by molar-refractivity contribution is 7.18. The second-order valence-corrected chi connectivity index (χ2v) is 11.1. The van der Waals surface area contributed by atoms with Crippen molar-refractivity contribution in [2.75, 3.05) is 5.32 Å². The number of aromatic nitrogens is 2. The van der Waals surface area contributed by atoms with Gasteiger partial charge in [-0.2, -0.15) is 0 Å². The number of benzene rings is 1. The third kappa shape index (κ3) is 6.26. The zero-order valence-corrected chi connectivity index (χ0v) is 20.5. The summed E-state index contributed by atoms with van der Waals surface area (Å²) in [6, 6.07) is 9.94. The molecule has 2 N–H and O–H groups in total. The van der Waals surface area contributed by atoms with E-state index in [1.165, 1.54) is 4.88 Å². The molecule has 0 aliphatic carbocycles. The molecule has 1 aromatic carbocycles. The topological polar surface area (TPSA) is 66.9 Å². The summed E-state index contributed by atoms with van der Waals surface area (Å²) in [5, 5.41) is 7.69. The van der Waals surface area contributed by atoms with Gasteiger partial charge in [-0.15, -0.1) is 11.3 Å². The molecule has 1 amide bonds. The van der Waals surface area contributed by atoms with Crippen molar-refractivity contribution in [3.05, 3.63) is 52.2 Å². The van der Waals surface area contributed by atoms with Crippen LogP contribution in [-0.2, 0) is 13.0 Å². The van der Waals surface area contributed by atoms with Crippen molar-refractivity contribution in [3.8, 4) is 0 Å². The minimum Gasteiger partial charge on any atom is -0.365 e. The first kappa shape index (κ1) is 23.2. The Morgan fingerprint density at radius 2 is 1.74 bits per heavy atom. The van der Waals surface area contributed by atoms with E-state index in [0.29, 0.717) is 12.1 Å². The fourth-order valence-electron chi connectivity index (χ4n) is 4.10. The van der Waals surface area contributed by atoms with E-state index in [1.54, 1.807) is 11.3 Å². The Morgan fingerprint density at radius 1 is 1.06 bits per heavy atom. The second-order valence-electron chi connectivity index (χ2n) is 10.0. The first-order valence-corrected chi connectivity index (χ1v) is 11.7. The van der Waals surface area contributed by atoms with Gasteiger partial charge in [-0.1, -0.05) is 39.8 Å². The molecule has 0 unspecified atom stereocenters. The molecule has 0 spiro atoms. The second kappa shape index (κ2) is 8.95. The van der Waals surface area contributed by atoms with Gasteiger partial charge in [0.1, 0.15) is 16.5 Å². The van der Waals surface area contributed by atoms with Gasteiger partial charge in [-0.25, -0.2) is 9.97 Å². The molecule has 0 radical (unpaired) electrons. The molecular weight excluding hydrogens is 404 g/mol. The summed E-state index contributed by atoms with van der Waals surface area (Å²) in [6.45, 7) is 15.4. The number of carbonyl (C=O) groups is 1. The molecule has 31 heavy (non-hydrogen) atoms. The molecule has 0 atom stereocenters. The molecule has 0 fully saturated rings. The van der Waals surface area contributed by atoms with E-state index < -0.39 is 0 Å². The van der Waals surface area contributed by atoms with Gasteiger partial charge in [0.05, 0.1) is 5.39 Å². The van der Waals surface area contributed by atoms with E-state index >= 15 is 0 Å². The zero-order valence-electron chi connectivity index (χ0n) is 19.7. The maximum Gasteiger partial charge on any atom is 0.251 e. The van der Waals surface area contributed by atoms with Crippen molar-refractivity contribution >= 4 is 33.3 Å². The minimum atomic E-state index is -0.260. The largest absolute Gasteiger partial charge is 0.365 e. The Labute approximate surface area is 189 Å². The summed E-state index contributed by atoms with van der Waals surface area (Å²) in [6.07, 6.45) is 1.90. The smallest absolute Gasteiger partial charge is 0.251 e. The molecule has 2 aromatic heterocycles. The predicted molar refractivity (Wildman–Crippen MR) is 131 cm³/mol. The van der Waals surface area contributed by atoms with Gasteiger partial charge < -0.3 is 10.6 Å². The van der Waals surface area contributed by atoms with Crippen LogP contribution in [0.5, 0.6) is 0 Å². The molecule has 0 aliphatic rings. The van der Waals surface area contributed by atoms with Crippen LogP contribution in [0, 0.1) is 12.3 Å². The molecule has 5 nitrogen and oxygen atoms in total. The van der Waals surface area contributed by atoms with Gasteiger partial charge in [0.2, 0.25) is 0 Å². The van der Waals surface area contributed by atoms with Crippen molar-refractivity contribution in [2.24, 2.45) is 5.41 Å². The van der Waals surface area contributed by atoms with Gasteiger partial charge in [-0.05, 0) is 62.8 Å². The Balaban J connectivity index is 1.67. The maximum absolute atomic E-state index is 12.7. The SMILES string of the molecule is CCc1cc2c(NCc3ccc(C(=O)NC(C)(C)CC(C)(C)C)cc3)nc(C)nc2s1. The number of nitrogens with one attached hydrogen (secondary N) is 2. The van der Waals surface area contributed by atoms with Crippen molar-refractivity contribution < 1.29 is 4.79 Å². The molecule has 0 bridgehead atoms. The lowest BCUT2D eigenvalue weighted by Gasteiger charge is -2.33. The highest BCUT2D eigenvalue weighted by atomic mass is 32.1. The number of anilines is 1. The summed E-state index contributed by atoms with van der Waals surface area (Å²) in [5.74, 6) is 1.60. The molecule has 2 heterocycles. The number of aryl methyl sites for hydroxylation is 2. The van der Waals surface area contributed by atoms with Gasteiger partial charge in [0.25, 0.3) is 5.91 Å². The number of fused-ring (bicyclic) bond motifs is 1. The van der Waals surface area contributed by atoms with E-state index in [1.807, 2.05) is 31.2 Å². The summed E-state index contributed by atoms with van der Waals surface area (Å²) >= 11 is 1.72. The van der Waals surface area contributed by atoms with Crippen LogP contribution >= 0.6 is 11.3 Å². The average Bonchev–Trinajstić information content (AvgIpc) is 3.07. The van der Waals surface area contributed by atoms with Gasteiger partial charge >= 0.3 is 0 Å². The monoisotopic (exact) mass is 438 g/mol. The number of hydrogen-bond donors (Lipinski definition) is 2. The Kier molecular flexibility index (Phi) is 6.70. The van der Waals surface area contributed by atoms with Crippen LogP contribution in [0.15, 0.2) is 30.3 Å².